The van der Waals surface area contributed by atoms with E-state index in [0.717, 1.165) is 50.0 Å². The number of hydrogen-bond donors (Lipinski definition) is 1. The van der Waals surface area contributed by atoms with E-state index < -0.39 is 5.82 Å². The summed E-state index contributed by atoms with van der Waals surface area (Å²) in [5, 5.41) is 3.88. The molecule has 198 valence electrons. The molecule has 1 fully saturated rings. The largest absolute Gasteiger partial charge is 0.326 e. The zero-order valence-corrected chi connectivity index (χ0v) is 24.0. The van der Waals surface area contributed by atoms with E-state index in [1.807, 2.05) is 6.92 Å². The smallest absolute Gasteiger partial charge is 0.227 e. The molecule has 5 heteroatoms. The lowest BCUT2D eigenvalue weighted by Crippen LogP contribution is -2.27. The predicted molar refractivity (Wildman–Crippen MR) is 152 cm³/mol. The van der Waals surface area contributed by atoms with Crippen LogP contribution in [0.15, 0.2) is 30.3 Å². The fourth-order valence-corrected chi connectivity index (χ4v) is 6.28. The summed E-state index contributed by atoms with van der Waals surface area (Å²) in [5.74, 6) is 1.40. The third kappa shape index (κ3) is 7.48. The topological polar surface area (TPSA) is 29.1 Å². The number of nitrogens with one attached hydrogen (secondary N) is 1. The second-order valence-corrected chi connectivity index (χ2v) is 11.9. The maximum atomic E-state index is 13.5. The molecule has 2 aromatic rings. The molecule has 1 aliphatic rings. The lowest BCUT2D eigenvalue weighted by molar-refractivity contribution is -0.121. The minimum atomic E-state index is -0.481. The summed E-state index contributed by atoms with van der Waals surface area (Å²) in [5.41, 5.74) is 4.59. The number of hydrogen-bond acceptors (Lipinski definition) is 1. The van der Waals surface area contributed by atoms with Gasteiger partial charge in [0.25, 0.3) is 0 Å². The van der Waals surface area contributed by atoms with Gasteiger partial charge in [0.15, 0.2) is 0 Å². The molecule has 4 unspecified atom stereocenters. The maximum absolute atomic E-state index is 13.5. The molecule has 36 heavy (non-hydrogen) atoms. The highest BCUT2D eigenvalue weighted by Crippen LogP contribution is 2.38. The summed E-state index contributed by atoms with van der Waals surface area (Å²) in [7, 11) is 0. The molecule has 0 spiro atoms. The minimum Gasteiger partial charge on any atom is -0.326 e. The SMILES string of the molecule is CCc1cc(Cl)c(CC2CCCC(C(C)C(=O)Nc3ccc(F)c(Cl)c3)CCCC2C)c(C(C)C)c1. The summed E-state index contributed by atoms with van der Waals surface area (Å²) < 4.78 is 13.5. The summed E-state index contributed by atoms with van der Waals surface area (Å²) in [6.07, 6.45) is 8.70. The van der Waals surface area contributed by atoms with Gasteiger partial charge in [-0.25, -0.2) is 4.39 Å². The second kappa shape index (κ2) is 13.3. The lowest BCUT2D eigenvalue weighted by atomic mass is 9.80. The van der Waals surface area contributed by atoms with Gasteiger partial charge in [-0.05, 0) is 96.7 Å². The average Bonchev–Trinajstić information content (AvgIpc) is 2.92. The van der Waals surface area contributed by atoms with Gasteiger partial charge < -0.3 is 5.32 Å². The van der Waals surface area contributed by atoms with E-state index >= 15 is 0 Å². The molecule has 0 heterocycles. The van der Waals surface area contributed by atoms with Crippen molar-refractivity contribution in [3.63, 3.8) is 0 Å². The molecule has 0 bridgehead atoms. The first-order chi connectivity index (χ1) is 17.1. The van der Waals surface area contributed by atoms with Crippen LogP contribution < -0.4 is 5.32 Å². The maximum Gasteiger partial charge on any atom is 0.227 e. The number of benzene rings is 2. The Balaban J connectivity index is 1.67. The molecule has 2 nitrogen and oxygen atoms in total. The normalized spacial score (nSPS) is 22.0. The fraction of sp³-hybridized carbons (Fsp3) is 0.581. The number of amides is 1. The summed E-state index contributed by atoms with van der Waals surface area (Å²) in [4.78, 5) is 13.0. The third-order valence-electron chi connectivity index (χ3n) is 8.28. The van der Waals surface area contributed by atoms with Gasteiger partial charge in [0.05, 0.1) is 5.02 Å². The van der Waals surface area contributed by atoms with E-state index in [1.165, 1.54) is 35.2 Å². The quantitative estimate of drug-likeness (QED) is 0.376. The molecule has 2 aromatic carbocycles. The number of carbonyl (C=O) groups is 1. The zero-order valence-electron chi connectivity index (χ0n) is 22.5. The van der Waals surface area contributed by atoms with Gasteiger partial charge in [-0.1, -0.05) is 83.1 Å². The number of carbonyl (C=O) groups excluding carboxylic acids is 1. The highest BCUT2D eigenvalue weighted by atomic mass is 35.5. The molecule has 3 rings (SSSR count). The zero-order chi connectivity index (χ0) is 26.4. The minimum absolute atomic E-state index is 0.0177. The third-order valence-corrected chi connectivity index (χ3v) is 8.91. The van der Waals surface area contributed by atoms with Crippen molar-refractivity contribution in [1.29, 1.82) is 0 Å². The van der Waals surface area contributed by atoms with Crippen molar-refractivity contribution in [2.45, 2.75) is 91.9 Å². The number of rotatable bonds is 7. The van der Waals surface area contributed by atoms with Crippen LogP contribution in [0.1, 0.15) is 95.8 Å². The van der Waals surface area contributed by atoms with Crippen molar-refractivity contribution in [3.8, 4) is 0 Å². The van der Waals surface area contributed by atoms with Gasteiger partial charge >= 0.3 is 0 Å². The number of halogens is 3. The van der Waals surface area contributed by atoms with E-state index in [0.29, 0.717) is 29.4 Å². The standard InChI is InChI=1S/C31H42Cl2FNO/c1-6-22-15-26(19(2)3)27(28(32)16-22)17-24-12-8-11-23(10-7-9-20(24)4)21(5)31(36)35-25-13-14-30(34)29(33)18-25/h13-16,18-21,23-24H,6-12,17H2,1-5H3,(H,35,36). The predicted octanol–water partition coefficient (Wildman–Crippen LogP) is 9.86. The van der Waals surface area contributed by atoms with Crippen LogP contribution in [0.25, 0.3) is 0 Å². The molecular weight excluding hydrogens is 492 g/mol. The molecular formula is C31H42Cl2FNO. The van der Waals surface area contributed by atoms with Crippen molar-refractivity contribution >= 4 is 34.8 Å². The monoisotopic (exact) mass is 533 g/mol. The van der Waals surface area contributed by atoms with Crippen LogP contribution in [0.2, 0.25) is 10.0 Å². The van der Waals surface area contributed by atoms with E-state index in [1.54, 1.807) is 6.07 Å². The second-order valence-electron chi connectivity index (χ2n) is 11.1. The van der Waals surface area contributed by atoms with Gasteiger partial charge in [0.2, 0.25) is 5.91 Å². The van der Waals surface area contributed by atoms with Gasteiger partial charge in [-0.3, -0.25) is 4.79 Å². The number of anilines is 1. The Kier molecular flexibility index (Phi) is 10.7. The van der Waals surface area contributed by atoms with Gasteiger partial charge in [-0.2, -0.15) is 0 Å². The molecule has 1 aliphatic carbocycles. The van der Waals surface area contributed by atoms with Crippen molar-refractivity contribution in [3.05, 3.63) is 62.9 Å². The summed E-state index contributed by atoms with van der Waals surface area (Å²) in [6.45, 7) is 11.1. The highest BCUT2D eigenvalue weighted by Gasteiger charge is 2.28. The average molecular weight is 535 g/mol. The Morgan fingerprint density at radius 1 is 1.03 bits per heavy atom. The first-order valence-corrected chi connectivity index (χ1v) is 14.4. The molecule has 0 aliphatic heterocycles. The Morgan fingerprint density at radius 2 is 1.72 bits per heavy atom. The van der Waals surface area contributed by atoms with Gasteiger partial charge in [-0.15, -0.1) is 0 Å². The van der Waals surface area contributed by atoms with Crippen LogP contribution >= 0.6 is 23.2 Å². The first kappa shape index (κ1) is 29.0. The van der Waals surface area contributed by atoms with E-state index in [9.17, 15) is 9.18 Å². The Labute approximate surface area is 227 Å². The van der Waals surface area contributed by atoms with E-state index in [4.69, 9.17) is 23.2 Å². The molecule has 4 atom stereocenters. The summed E-state index contributed by atoms with van der Waals surface area (Å²) >= 11 is 12.7. The van der Waals surface area contributed by atoms with Gasteiger partial charge in [0.1, 0.15) is 5.82 Å². The van der Waals surface area contributed by atoms with Crippen LogP contribution in [-0.2, 0) is 17.6 Å². The van der Waals surface area contributed by atoms with Crippen LogP contribution in [0.5, 0.6) is 0 Å². The van der Waals surface area contributed by atoms with Crippen LogP contribution in [0.4, 0.5) is 10.1 Å². The van der Waals surface area contributed by atoms with E-state index in [-0.39, 0.29) is 16.8 Å². The van der Waals surface area contributed by atoms with Crippen molar-refractivity contribution in [1.82, 2.24) is 0 Å². The fourth-order valence-electron chi connectivity index (χ4n) is 5.77. The van der Waals surface area contributed by atoms with Crippen molar-refractivity contribution in [2.24, 2.45) is 23.7 Å². The van der Waals surface area contributed by atoms with Crippen LogP contribution in [0.3, 0.4) is 0 Å². The highest BCUT2D eigenvalue weighted by molar-refractivity contribution is 6.31. The Morgan fingerprint density at radius 3 is 2.36 bits per heavy atom. The van der Waals surface area contributed by atoms with Crippen LogP contribution in [0, 0.1) is 29.5 Å². The molecule has 0 radical (unpaired) electrons. The van der Waals surface area contributed by atoms with Gasteiger partial charge in [0, 0.05) is 16.6 Å². The molecule has 1 amide bonds. The Bertz CT molecular complexity index is 1040. The molecule has 0 aromatic heterocycles. The molecule has 0 saturated heterocycles. The summed E-state index contributed by atoms with van der Waals surface area (Å²) in [6, 6.07) is 8.84. The lowest BCUT2D eigenvalue weighted by Gasteiger charge is -2.26. The number of aryl methyl sites for hydroxylation is 1. The van der Waals surface area contributed by atoms with Crippen molar-refractivity contribution < 1.29 is 9.18 Å². The first-order valence-electron chi connectivity index (χ1n) is 13.7. The Hall–Kier alpha value is -1.58. The molecule has 1 N–H and O–H groups in total. The van der Waals surface area contributed by atoms with E-state index in [2.05, 4.69) is 45.1 Å². The molecule has 1 saturated carbocycles. The van der Waals surface area contributed by atoms with Crippen LogP contribution in [-0.4, -0.2) is 5.91 Å². The van der Waals surface area contributed by atoms with Crippen molar-refractivity contribution in [2.75, 3.05) is 5.32 Å².